The fraction of sp³-hybridized carbons (Fsp3) is 0.0909. The molecule has 4 aromatic rings. The molecule has 0 spiro atoms. The van der Waals surface area contributed by atoms with Crippen molar-refractivity contribution in [2.45, 2.75) is 13.1 Å². The van der Waals surface area contributed by atoms with Gasteiger partial charge in [-0.05, 0) is 30.7 Å². The summed E-state index contributed by atoms with van der Waals surface area (Å²) in [5.74, 6) is -1.05. The molecule has 0 fully saturated rings. The molecule has 11 heteroatoms. The van der Waals surface area contributed by atoms with Crippen molar-refractivity contribution < 1.29 is 22.4 Å². The highest BCUT2D eigenvalue weighted by molar-refractivity contribution is 7.12. The van der Waals surface area contributed by atoms with E-state index in [1.165, 1.54) is 29.6 Å². The number of hydrazone groups is 1. The maximum Gasteiger partial charge on any atom is 0.435 e. The Kier molecular flexibility index (Phi) is 6.05. The Morgan fingerprint density at radius 2 is 1.79 bits per heavy atom. The molecule has 0 aliphatic carbocycles. The molecule has 6 nitrogen and oxygen atoms in total. The third-order valence-electron chi connectivity index (χ3n) is 4.56. The number of rotatable bonds is 5. The molecule has 2 aromatic carbocycles. The van der Waals surface area contributed by atoms with Gasteiger partial charge in [0.15, 0.2) is 5.69 Å². The van der Waals surface area contributed by atoms with E-state index in [0.29, 0.717) is 16.8 Å². The molecule has 0 aliphatic heterocycles. The number of hydrogen-bond acceptors (Lipinski definition) is 5. The zero-order valence-electron chi connectivity index (χ0n) is 17.0. The van der Waals surface area contributed by atoms with Crippen LogP contribution in [0.1, 0.15) is 28.7 Å². The van der Waals surface area contributed by atoms with Crippen molar-refractivity contribution in [3.05, 3.63) is 88.8 Å². The second-order valence-corrected chi connectivity index (χ2v) is 7.69. The van der Waals surface area contributed by atoms with Crippen molar-refractivity contribution in [2.75, 3.05) is 0 Å². The lowest BCUT2D eigenvalue weighted by atomic mass is 10.1. The van der Waals surface area contributed by atoms with E-state index < -0.39 is 23.6 Å². The van der Waals surface area contributed by atoms with Crippen LogP contribution in [-0.2, 0) is 6.18 Å². The molecule has 0 bridgehead atoms. The van der Waals surface area contributed by atoms with Crippen LogP contribution >= 0.6 is 11.3 Å². The van der Waals surface area contributed by atoms with E-state index in [2.05, 4.69) is 20.6 Å². The fourth-order valence-electron chi connectivity index (χ4n) is 2.89. The number of nitrogens with one attached hydrogen (secondary N) is 1. The monoisotopic (exact) mass is 473 g/mol. The predicted molar refractivity (Wildman–Crippen MR) is 116 cm³/mol. The van der Waals surface area contributed by atoms with Gasteiger partial charge in [-0.25, -0.2) is 19.5 Å². The minimum absolute atomic E-state index is 0.0336. The van der Waals surface area contributed by atoms with E-state index in [0.717, 1.165) is 22.1 Å². The number of carbonyl (C=O) groups is 1. The lowest BCUT2D eigenvalue weighted by molar-refractivity contribution is -0.141. The van der Waals surface area contributed by atoms with Crippen LogP contribution in [0.25, 0.3) is 16.4 Å². The van der Waals surface area contributed by atoms with Crippen molar-refractivity contribution >= 4 is 23.0 Å². The van der Waals surface area contributed by atoms with Crippen LogP contribution in [0.15, 0.2) is 71.1 Å². The van der Waals surface area contributed by atoms with Crippen LogP contribution in [0, 0.1) is 5.82 Å². The smallest absolute Gasteiger partial charge is 0.266 e. The summed E-state index contributed by atoms with van der Waals surface area (Å²) in [4.78, 5) is 16.6. The van der Waals surface area contributed by atoms with Crippen LogP contribution in [0.3, 0.4) is 0 Å². The molecular weight excluding hydrogens is 458 g/mol. The summed E-state index contributed by atoms with van der Waals surface area (Å²) in [6.45, 7) is 1.63. The summed E-state index contributed by atoms with van der Waals surface area (Å²) in [5.41, 5.74) is 2.99. The van der Waals surface area contributed by atoms with Crippen molar-refractivity contribution in [3.63, 3.8) is 0 Å². The highest BCUT2D eigenvalue weighted by atomic mass is 32.1. The average Bonchev–Trinajstić information content (AvgIpc) is 3.46. The lowest BCUT2D eigenvalue weighted by Gasteiger charge is -2.04. The number of benzene rings is 2. The van der Waals surface area contributed by atoms with Crippen molar-refractivity contribution in [1.82, 2.24) is 20.2 Å². The number of alkyl halides is 3. The van der Waals surface area contributed by atoms with Gasteiger partial charge in [-0.1, -0.05) is 42.5 Å². The zero-order chi connectivity index (χ0) is 23.6. The van der Waals surface area contributed by atoms with Crippen LogP contribution < -0.4 is 5.43 Å². The third kappa shape index (κ3) is 4.98. The highest BCUT2D eigenvalue weighted by Gasteiger charge is 2.35. The minimum Gasteiger partial charge on any atom is -0.266 e. The van der Waals surface area contributed by atoms with Gasteiger partial charge in [-0.15, -0.1) is 11.3 Å². The first-order chi connectivity index (χ1) is 15.7. The quantitative estimate of drug-likeness (QED) is 0.243. The lowest BCUT2D eigenvalue weighted by Crippen LogP contribution is -2.20. The summed E-state index contributed by atoms with van der Waals surface area (Å²) in [5, 5.41) is 9.13. The molecule has 1 amide bonds. The van der Waals surface area contributed by atoms with E-state index >= 15 is 0 Å². The molecule has 168 valence electrons. The van der Waals surface area contributed by atoms with Crippen molar-refractivity contribution in [3.8, 4) is 16.4 Å². The molecule has 0 saturated heterocycles. The zero-order valence-corrected chi connectivity index (χ0v) is 17.8. The maximum atomic E-state index is 13.3. The van der Waals surface area contributed by atoms with Gasteiger partial charge in [0.2, 0.25) is 5.13 Å². The molecule has 2 aromatic heterocycles. The average molecular weight is 473 g/mol. The Hall–Kier alpha value is -3.86. The first-order valence-electron chi connectivity index (χ1n) is 9.51. The van der Waals surface area contributed by atoms with Gasteiger partial charge in [0.05, 0.1) is 11.4 Å². The van der Waals surface area contributed by atoms with Gasteiger partial charge < -0.3 is 0 Å². The molecule has 0 atom stereocenters. The van der Waals surface area contributed by atoms with Gasteiger partial charge in [0.1, 0.15) is 11.5 Å². The molecule has 0 radical (unpaired) electrons. The summed E-state index contributed by atoms with van der Waals surface area (Å²) < 4.78 is 54.0. The van der Waals surface area contributed by atoms with E-state index in [-0.39, 0.29) is 16.5 Å². The number of carbonyl (C=O) groups excluding carboxylic acids is 1. The number of amides is 1. The first-order valence-corrected chi connectivity index (χ1v) is 10.4. The Labute approximate surface area is 189 Å². The number of halogens is 4. The number of thiazole rings is 1. The highest BCUT2D eigenvalue weighted by Crippen LogP contribution is 2.33. The number of hydrogen-bond donors (Lipinski definition) is 1. The summed E-state index contributed by atoms with van der Waals surface area (Å²) in [6, 6.07) is 15.0. The van der Waals surface area contributed by atoms with Gasteiger partial charge in [0.25, 0.3) is 5.91 Å². The minimum atomic E-state index is -4.64. The molecule has 1 N–H and O–H groups in total. The number of aromatic nitrogens is 3. The Bertz CT molecular complexity index is 1310. The van der Waals surface area contributed by atoms with Crippen LogP contribution in [0.5, 0.6) is 0 Å². The molecule has 4 rings (SSSR count). The molecule has 2 heterocycles. The Balaban J connectivity index is 1.60. The predicted octanol–water partition coefficient (Wildman–Crippen LogP) is 5.31. The SMILES string of the molecule is CC(=NNC(=O)c1csc(-n2nc(C(F)(F)F)cc2-c2ccccc2)n1)c1ccc(F)cc1. The van der Waals surface area contributed by atoms with Gasteiger partial charge in [0, 0.05) is 10.9 Å². The Morgan fingerprint density at radius 1 is 1.09 bits per heavy atom. The van der Waals surface area contributed by atoms with Gasteiger partial charge in [-0.3, -0.25) is 4.79 Å². The van der Waals surface area contributed by atoms with E-state index in [9.17, 15) is 22.4 Å². The number of nitrogens with zero attached hydrogens (tertiary/aromatic N) is 4. The van der Waals surface area contributed by atoms with Gasteiger partial charge >= 0.3 is 6.18 Å². The molecule has 0 saturated carbocycles. The summed E-state index contributed by atoms with van der Waals surface area (Å²) in [6.07, 6.45) is -4.64. The van der Waals surface area contributed by atoms with Crippen molar-refractivity contribution in [1.29, 1.82) is 0 Å². The third-order valence-corrected chi connectivity index (χ3v) is 5.38. The van der Waals surface area contributed by atoms with Crippen molar-refractivity contribution in [2.24, 2.45) is 5.10 Å². The summed E-state index contributed by atoms with van der Waals surface area (Å²) in [7, 11) is 0. The van der Waals surface area contributed by atoms with E-state index in [4.69, 9.17) is 0 Å². The van der Waals surface area contributed by atoms with Crippen LogP contribution in [0.4, 0.5) is 17.6 Å². The molecule has 0 unspecified atom stereocenters. The largest absolute Gasteiger partial charge is 0.435 e. The first kappa shape index (κ1) is 22.3. The topological polar surface area (TPSA) is 72.2 Å². The fourth-order valence-corrected chi connectivity index (χ4v) is 3.66. The van der Waals surface area contributed by atoms with Gasteiger partial charge in [-0.2, -0.15) is 23.4 Å². The second kappa shape index (κ2) is 8.94. The molecular formula is C22H15F4N5OS. The summed E-state index contributed by atoms with van der Waals surface area (Å²) >= 11 is 0.967. The van der Waals surface area contributed by atoms with E-state index in [1.807, 2.05) is 0 Å². The molecule has 33 heavy (non-hydrogen) atoms. The van der Waals surface area contributed by atoms with E-state index in [1.54, 1.807) is 37.3 Å². The standard InChI is InChI=1S/C22H15F4N5OS/c1-13(14-7-9-16(23)10-8-14)28-29-20(32)17-12-33-21(27-17)31-18(15-5-3-2-4-6-15)11-19(30-31)22(24,25)26/h2-12H,1H3,(H,29,32). The molecule has 0 aliphatic rings. The second-order valence-electron chi connectivity index (χ2n) is 6.85. The van der Waals surface area contributed by atoms with Crippen LogP contribution in [0.2, 0.25) is 0 Å². The maximum absolute atomic E-state index is 13.3. The Morgan fingerprint density at radius 3 is 2.45 bits per heavy atom. The van der Waals surface area contributed by atoms with Crippen LogP contribution in [-0.4, -0.2) is 26.4 Å². The normalized spacial score (nSPS) is 12.1.